The Bertz CT molecular complexity index is 396. The lowest BCUT2D eigenvalue weighted by atomic mass is 10.2. The van der Waals surface area contributed by atoms with Gasteiger partial charge >= 0.3 is 5.97 Å². The van der Waals surface area contributed by atoms with Crippen LogP contribution in [0.5, 0.6) is 0 Å². The summed E-state index contributed by atoms with van der Waals surface area (Å²) in [6, 6.07) is 8.80. The summed E-state index contributed by atoms with van der Waals surface area (Å²) in [5.41, 5.74) is 0.501. The van der Waals surface area contributed by atoms with Crippen LogP contribution in [0.15, 0.2) is 42.1 Å². The van der Waals surface area contributed by atoms with Crippen molar-refractivity contribution in [3.63, 3.8) is 0 Å². The van der Waals surface area contributed by atoms with Gasteiger partial charge in [0.25, 0.3) is 0 Å². The molecule has 0 radical (unpaired) electrons. The van der Waals surface area contributed by atoms with Gasteiger partial charge in [-0.1, -0.05) is 18.2 Å². The smallest absolute Gasteiger partial charge is 0.352 e. The zero-order chi connectivity index (χ0) is 11.3. The highest BCUT2D eigenvalue weighted by Crippen LogP contribution is 2.09. The van der Waals surface area contributed by atoms with Crippen molar-refractivity contribution in [1.82, 2.24) is 0 Å². The maximum absolute atomic E-state index is 10.8. The lowest BCUT2D eigenvalue weighted by Crippen LogP contribution is -2.11. The molecule has 15 heavy (non-hydrogen) atoms. The standard InChI is InChI=1S/C11H11NO3/c1-8(13)7-10(11(14)15)12-9-5-3-2-4-6-9/h2-7,12H,1H3,(H,14,15). The van der Waals surface area contributed by atoms with E-state index in [2.05, 4.69) is 5.32 Å². The number of ketones is 1. The Morgan fingerprint density at radius 1 is 1.27 bits per heavy atom. The van der Waals surface area contributed by atoms with Gasteiger partial charge in [-0.15, -0.1) is 0 Å². The number of carbonyl (C=O) groups is 2. The highest BCUT2D eigenvalue weighted by Gasteiger charge is 2.07. The molecule has 4 nitrogen and oxygen atoms in total. The first-order valence-corrected chi connectivity index (χ1v) is 4.37. The zero-order valence-corrected chi connectivity index (χ0v) is 8.23. The fourth-order valence-electron chi connectivity index (χ4n) is 1.03. The highest BCUT2D eigenvalue weighted by atomic mass is 16.4. The maximum atomic E-state index is 10.8. The van der Waals surface area contributed by atoms with Crippen LogP contribution in [-0.2, 0) is 9.59 Å². The van der Waals surface area contributed by atoms with Crippen molar-refractivity contribution in [2.24, 2.45) is 0 Å². The van der Waals surface area contributed by atoms with Crippen molar-refractivity contribution in [1.29, 1.82) is 0 Å². The summed E-state index contributed by atoms with van der Waals surface area (Å²) in [6.45, 7) is 1.30. The van der Waals surface area contributed by atoms with Crippen LogP contribution < -0.4 is 5.32 Å². The first kappa shape index (κ1) is 11.0. The van der Waals surface area contributed by atoms with Crippen LogP contribution in [0.2, 0.25) is 0 Å². The average molecular weight is 205 g/mol. The average Bonchev–Trinajstić information content (AvgIpc) is 2.17. The molecule has 1 aromatic rings. The number of anilines is 1. The van der Waals surface area contributed by atoms with Crippen LogP contribution in [0.4, 0.5) is 5.69 Å². The van der Waals surface area contributed by atoms with Gasteiger partial charge < -0.3 is 10.4 Å². The number of allylic oxidation sites excluding steroid dienone is 1. The Morgan fingerprint density at radius 2 is 1.87 bits per heavy atom. The first-order valence-electron chi connectivity index (χ1n) is 4.37. The normalized spacial score (nSPS) is 10.9. The molecule has 0 fully saturated rings. The van der Waals surface area contributed by atoms with Crippen LogP contribution in [0.25, 0.3) is 0 Å². The second kappa shape index (κ2) is 4.95. The quantitative estimate of drug-likeness (QED) is 0.733. The largest absolute Gasteiger partial charge is 0.477 e. The number of hydrogen-bond acceptors (Lipinski definition) is 3. The molecule has 2 N–H and O–H groups in total. The molecule has 0 aromatic heterocycles. The number of benzene rings is 1. The number of aliphatic carboxylic acids is 1. The van der Waals surface area contributed by atoms with Crippen molar-refractivity contribution >= 4 is 17.4 Å². The fourth-order valence-corrected chi connectivity index (χ4v) is 1.03. The molecule has 0 bridgehead atoms. The molecule has 0 spiro atoms. The molecule has 0 saturated carbocycles. The van der Waals surface area contributed by atoms with Gasteiger partial charge in [0, 0.05) is 11.8 Å². The van der Waals surface area contributed by atoms with Crippen LogP contribution >= 0.6 is 0 Å². The Morgan fingerprint density at radius 3 is 2.33 bits per heavy atom. The van der Waals surface area contributed by atoms with E-state index >= 15 is 0 Å². The van der Waals surface area contributed by atoms with E-state index in [4.69, 9.17) is 5.11 Å². The summed E-state index contributed by atoms with van der Waals surface area (Å²) >= 11 is 0. The Kier molecular flexibility index (Phi) is 3.62. The van der Waals surface area contributed by atoms with Crippen molar-refractivity contribution < 1.29 is 14.7 Å². The van der Waals surface area contributed by atoms with Crippen LogP contribution in [0.1, 0.15) is 6.92 Å². The second-order valence-corrected chi connectivity index (χ2v) is 2.96. The van der Waals surface area contributed by atoms with Gasteiger partial charge in [0.05, 0.1) is 0 Å². The molecule has 1 aromatic carbocycles. The van der Waals surface area contributed by atoms with Crippen molar-refractivity contribution in [3.8, 4) is 0 Å². The van der Waals surface area contributed by atoms with E-state index < -0.39 is 5.97 Å². The molecule has 0 heterocycles. The molecular formula is C11H11NO3. The predicted molar refractivity (Wildman–Crippen MR) is 56.5 cm³/mol. The molecule has 0 aliphatic carbocycles. The van der Waals surface area contributed by atoms with Gasteiger partial charge in [-0.3, -0.25) is 4.79 Å². The van der Waals surface area contributed by atoms with Crippen molar-refractivity contribution in [2.45, 2.75) is 6.92 Å². The van der Waals surface area contributed by atoms with Gasteiger partial charge in [0.15, 0.2) is 5.78 Å². The molecule has 0 saturated heterocycles. The highest BCUT2D eigenvalue weighted by molar-refractivity contribution is 5.99. The number of carbonyl (C=O) groups excluding carboxylic acids is 1. The fraction of sp³-hybridized carbons (Fsp3) is 0.0909. The molecular weight excluding hydrogens is 194 g/mol. The van der Waals surface area contributed by atoms with E-state index in [0.717, 1.165) is 6.08 Å². The molecule has 78 valence electrons. The Hall–Kier alpha value is -2.10. The zero-order valence-electron chi connectivity index (χ0n) is 8.23. The van der Waals surface area contributed by atoms with Crippen molar-refractivity contribution in [3.05, 3.63) is 42.1 Å². The summed E-state index contributed by atoms with van der Waals surface area (Å²) in [6.07, 6.45) is 1.05. The Balaban J connectivity index is 2.86. The van der Waals surface area contributed by atoms with E-state index in [9.17, 15) is 9.59 Å². The summed E-state index contributed by atoms with van der Waals surface area (Å²) in [5.74, 6) is -1.47. The van der Waals surface area contributed by atoms with Crippen LogP contribution in [0.3, 0.4) is 0 Å². The van der Waals surface area contributed by atoms with Crippen molar-refractivity contribution in [2.75, 3.05) is 5.32 Å². The number of rotatable bonds is 4. The van der Waals surface area contributed by atoms with Crippen LogP contribution in [0, 0.1) is 0 Å². The summed E-state index contributed by atoms with van der Waals surface area (Å²) in [7, 11) is 0. The third-order valence-corrected chi connectivity index (χ3v) is 1.63. The summed E-state index contributed by atoms with van der Waals surface area (Å²) in [4.78, 5) is 21.5. The summed E-state index contributed by atoms with van der Waals surface area (Å²) < 4.78 is 0. The summed E-state index contributed by atoms with van der Waals surface area (Å²) in [5, 5.41) is 11.5. The van der Waals surface area contributed by atoms with Gasteiger partial charge in [-0.2, -0.15) is 0 Å². The van der Waals surface area contributed by atoms with Gasteiger partial charge in [0.1, 0.15) is 5.70 Å². The minimum atomic E-state index is -1.16. The minimum absolute atomic E-state index is 0.131. The third kappa shape index (κ3) is 3.64. The number of nitrogens with one attached hydrogen (secondary N) is 1. The molecule has 0 atom stereocenters. The Labute approximate surface area is 87.2 Å². The second-order valence-electron chi connectivity index (χ2n) is 2.96. The number of para-hydroxylation sites is 1. The maximum Gasteiger partial charge on any atom is 0.352 e. The van der Waals surface area contributed by atoms with Crippen LogP contribution in [-0.4, -0.2) is 16.9 Å². The monoisotopic (exact) mass is 205 g/mol. The number of carboxylic acid groups (broad SMARTS) is 1. The van der Waals surface area contributed by atoms with E-state index in [-0.39, 0.29) is 11.5 Å². The van der Waals surface area contributed by atoms with Gasteiger partial charge in [-0.25, -0.2) is 4.79 Å². The molecule has 1 rings (SSSR count). The molecule has 0 amide bonds. The minimum Gasteiger partial charge on any atom is -0.477 e. The molecule has 4 heteroatoms. The van der Waals surface area contributed by atoms with E-state index in [1.807, 2.05) is 6.07 Å². The lowest BCUT2D eigenvalue weighted by Gasteiger charge is -2.05. The first-order chi connectivity index (χ1) is 7.09. The molecule has 0 unspecified atom stereocenters. The number of hydrogen-bond donors (Lipinski definition) is 2. The molecule has 0 aliphatic heterocycles. The topological polar surface area (TPSA) is 66.4 Å². The lowest BCUT2D eigenvalue weighted by molar-refractivity contribution is -0.132. The number of carboxylic acids is 1. The van der Waals surface area contributed by atoms with Gasteiger partial charge in [0.2, 0.25) is 0 Å². The molecule has 0 aliphatic rings. The van der Waals surface area contributed by atoms with E-state index in [1.54, 1.807) is 24.3 Å². The van der Waals surface area contributed by atoms with E-state index in [1.165, 1.54) is 6.92 Å². The van der Waals surface area contributed by atoms with Gasteiger partial charge in [-0.05, 0) is 19.1 Å². The third-order valence-electron chi connectivity index (χ3n) is 1.63. The SMILES string of the molecule is CC(=O)C=C(Nc1ccccc1)C(=O)O. The predicted octanol–water partition coefficient (Wildman–Crippen LogP) is 1.66. The van der Waals surface area contributed by atoms with E-state index in [0.29, 0.717) is 5.69 Å².